The third-order valence-electron chi connectivity index (χ3n) is 1.98. The maximum atomic E-state index is 12.7. The fourth-order valence-electron chi connectivity index (χ4n) is 1.32. The largest absolute Gasteiger partial charge is 0.325 e. The first-order chi connectivity index (χ1) is 7.63. The van der Waals surface area contributed by atoms with Gasteiger partial charge in [0.15, 0.2) is 0 Å². The number of pyridine rings is 1. The summed E-state index contributed by atoms with van der Waals surface area (Å²) in [4.78, 5) is 3.83. The van der Waals surface area contributed by atoms with Gasteiger partial charge in [-0.1, -0.05) is 0 Å². The van der Waals surface area contributed by atoms with Crippen LogP contribution in [0.5, 0.6) is 0 Å². The molecule has 0 bridgehead atoms. The van der Waals surface area contributed by atoms with Crippen LogP contribution < -0.4 is 5.73 Å². The van der Waals surface area contributed by atoms with Crippen molar-refractivity contribution in [3.8, 4) is 12.1 Å². The maximum absolute atomic E-state index is 12.7. The maximum Gasteiger partial charge on any atom is 0.266 e. The predicted octanol–water partition coefficient (Wildman–Crippen LogP) is 1.42. The number of hydrogen-bond acceptors (Lipinski definition) is 4. The molecule has 1 heterocycles. The minimum atomic E-state index is -2.82. The monoisotopic (exact) mass is 222 g/mol. The van der Waals surface area contributed by atoms with Crippen LogP contribution >= 0.6 is 0 Å². The number of alkyl halides is 2. The van der Waals surface area contributed by atoms with E-state index in [0.29, 0.717) is 5.69 Å². The first-order valence-electron chi connectivity index (χ1n) is 4.42. The van der Waals surface area contributed by atoms with Crippen molar-refractivity contribution in [2.45, 2.75) is 19.4 Å². The molecule has 0 aromatic carbocycles. The molecule has 0 unspecified atom stereocenters. The SMILES string of the molecule is N#CCc1nc(CN)cc(C#N)c1C(F)F. The highest BCUT2D eigenvalue weighted by atomic mass is 19.3. The second-order valence-corrected chi connectivity index (χ2v) is 2.97. The van der Waals surface area contributed by atoms with Gasteiger partial charge in [0, 0.05) is 6.54 Å². The van der Waals surface area contributed by atoms with Crippen LogP contribution in [-0.2, 0) is 13.0 Å². The molecule has 0 aliphatic rings. The molecule has 0 saturated heterocycles. The van der Waals surface area contributed by atoms with E-state index in [2.05, 4.69) is 4.98 Å². The average Bonchev–Trinajstić information content (AvgIpc) is 2.27. The lowest BCUT2D eigenvalue weighted by molar-refractivity contribution is 0.149. The first kappa shape index (κ1) is 12.0. The molecule has 0 aliphatic heterocycles. The van der Waals surface area contributed by atoms with E-state index < -0.39 is 12.0 Å². The molecule has 2 N–H and O–H groups in total. The van der Waals surface area contributed by atoms with Crippen LogP contribution in [0, 0.1) is 22.7 Å². The van der Waals surface area contributed by atoms with Crippen molar-refractivity contribution in [2.75, 3.05) is 0 Å². The van der Waals surface area contributed by atoms with Crippen molar-refractivity contribution in [1.82, 2.24) is 4.98 Å². The number of nitriles is 2. The molecular weight excluding hydrogens is 214 g/mol. The zero-order valence-corrected chi connectivity index (χ0v) is 8.24. The summed E-state index contributed by atoms with van der Waals surface area (Å²) in [7, 11) is 0. The quantitative estimate of drug-likeness (QED) is 0.837. The molecule has 4 nitrogen and oxygen atoms in total. The topological polar surface area (TPSA) is 86.5 Å². The molecule has 6 heteroatoms. The van der Waals surface area contributed by atoms with E-state index >= 15 is 0 Å². The summed E-state index contributed by atoms with van der Waals surface area (Å²) in [6, 6.07) is 4.63. The molecule has 0 spiro atoms. The number of aromatic nitrogens is 1. The molecular formula is C10H8F2N4. The summed E-state index contributed by atoms with van der Waals surface area (Å²) in [6.07, 6.45) is -3.08. The van der Waals surface area contributed by atoms with Gasteiger partial charge >= 0.3 is 0 Å². The van der Waals surface area contributed by atoms with Crippen LogP contribution in [0.3, 0.4) is 0 Å². The van der Waals surface area contributed by atoms with Crippen LogP contribution in [0.15, 0.2) is 6.07 Å². The molecule has 1 aromatic rings. The first-order valence-corrected chi connectivity index (χ1v) is 4.42. The zero-order chi connectivity index (χ0) is 12.1. The second kappa shape index (κ2) is 5.15. The van der Waals surface area contributed by atoms with Crippen molar-refractivity contribution >= 4 is 0 Å². The average molecular weight is 222 g/mol. The van der Waals surface area contributed by atoms with Gasteiger partial charge in [0.05, 0.1) is 41.1 Å². The predicted molar refractivity (Wildman–Crippen MR) is 51.1 cm³/mol. The van der Waals surface area contributed by atoms with Gasteiger partial charge in [0.1, 0.15) is 0 Å². The summed E-state index contributed by atoms with van der Waals surface area (Å²) in [6.45, 7) is 0.0383. The molecule has 1 rings (SSSR count). The number of halogens is 2. The molecule has 16 heavy (non-hydrogen) atoms. The lowest BCUT2D eigenvalue weighted by Crippen LogP contribution is -2.08. The Labute approximate surface area is 90.9 Å². The molecule has 1 aromatic heterocycles. The number of nitrogens with two attached hydrogens (primary N) is 1. The van der Waals surface area contributed by atoms with E-state index in [0.717, 1.165) is 0 Å². The van der Waals surface area contributed by atoms with Gasteiger partial charge in [-0.25, -0.2) is 8.78 Å². The van der Waals surface area contributed by atoms with E-state index in [-0.39, 0.29) is 24.2 Å². The van der Waals surface area contributed by atoms with E-state index in [1.54, 1.807) is 12.1 Å². The van der Waals surface area contributed by atoms with E-state index in [1.165, 1.54) is 6.07 Å². The molecule has 0 atom stereocenters. The number of hydrogen-bond donors (Lipinski definition) is 1. The summed E-state index contributed by atoms with van der Waals surface area (Å²) < 4.78 is 25.4. The van der Waals surface area contributed by atoms with Crippen molar-refractivity contribution < 1.29 is 8.78 Å². The highest BCUT2D eigenvalue weighted by molar-refractivity contribution is 5.43. The van der Waals surface area contributed by atoms with Gasteiger partial charge < -0.3 is 5.73 Å². The number of nitrogens with zero attached hydrogens (tertiary/aromatic N) is 3. The van der Waals surface area contributed by atoms with Gasteiger partial charge in [-0.15, -0.1) is 0 Å². The van der Waals surface area contributed by atoms with E-state index in [4.69, 9.17) is 16.3 Å². The Morgan fingerprint density at radius 1 is 1.44 bits per heavy atom. The Hall–Kier alpha value is -2.05. The third kappa shape index (κ3) is 2.30. The van der Waals surface area contributed by atoms with Crippen molar-refractivity contribution in [1.29, 1.82) is 10.5 Å². The van der Waals surface area contributed by atoms with Gasteiger partial charge in [-0.2, -0.15) is 10.5 Å². The van der Waals surface area contributed by atoms with Crippen LogP contribution in [0.2, 0.25) is 0 Å². The summed E-state index contributed by atoms with van der Waals surface area (Å²) in [5.41, 5.74) is 4.93. The van der Waals surface area contributed by atoms with Gasteiger partial charge in [-0.05, 0) is 6.07 Å². The molecule has 82 valence electrons. The zero-order valence-electron chi connectivity index (χ0n) is 8.24. The van der Waals surface area contributed by atoms with Gasteiger partial charge in [0.25, 0.3) is 6.43 Å². The summed E-state index contributed by atoms with van der Waals surface area (Å²) in [5, 5.41) is 17.2. The Morgan fingerprint density at radius 3 is 2.56 bits per heavy atom. The van der Waals surface area contributed by atoms with Crippen LogP contribution in [0.1, 0.15) is 28.9 Å². The van der Waals surface area contributed by atoms with Crippen molar-refractivity contribution in [3.05, 3.63) is 28.6 Å². The molecule has 0 amide bonds. The molecule has 0 fully saturated rings. The second-order valence-electron chi connectivity index (χ2n) is 2.97. The fraction of sp³-hybridized carbons (Fsp3) is 0.300. The summed E-state index contributed by atoms with van der Waals surface area (Å²) >= 11 is 0. The van der Waals surface area contributed by atoms with Crippen LogP contribution in [-0.4, -0.2) is 4.98 Å². The molecule has 0 aliphatic carbocycles. The van der Waals surface area contributed by atoms with Crippen molar-refractivity contribution in [3.63, 3.8) is 0 Å². The summed E-state index contributed by atoms with van der Waals surface area (Å²) in [5.74, 6) is 0. The normalized spacial score (nSPS) is 9.88. The minimum Gasteiger partial charge on any atom is -0.325 e. The van der Waals surface area contributed by atoms with E-state index in [9.17, 15) is 8.78 Å². The Bertz CT molecular complexity index is 471. The van der Waals surface area contributed by atoms with E-state index in [1.807, 2.05) is 0 Å². The standard InChI is InChI=1S/C10H8F2N4/c11-10(12)9-6(4-14)3-7(5-15)16-8(9)1-2-13/h3,10H,1,5,15H2. The highest BCUT2D eigenvalue weighted by Crippen LogP contribution is 2.26. The molecule has 0 saturated carbocycles. The smallest absolute Gasteiger partial charge is 0.266 e. The Morgan fingerprint density at radius 2 is 2.12 bits per heavy atom. The third-order valence-corrected chi connectivity index (χ3v) is 1.98. The van der Waals surface area contributed by atoms with Gasteiger partial charge in [0.2, 0.25) is 0 Å². The lowest BCUT2D eigenvalue weighted by Gasteiger charge is -2.09. The fourth-order valence-corrected chi connectivity index (χ4v) is 1.32. The lowest BCUT2D eigenvalue weighted by atomic mass is 10.0. The minimum absolute atomic E-state index is 0.0383. The number of rotatable bonds is 3. The van der Waals surface area contributed by atoms with Crippen LogP contribution in [0.25, 0.3) is 0 Å². The van der Waals surface area contributed by atoms with Crippen molar-refractivity contribution in [2.24, 2.45) is 5.73 Å². The highest BCUT2D eigenvalue weighted by Gasteiger charge is 2.20. The van der Waals surface area contributed by atoms with Crippen LogP contribution in [0.4, 0.5) is 8.78 Å². The Kier molecular flexibility index (Phi) is 3.87. The Balaban J connectivity index is 3.43. The van der Waals surface area contributed by atoms with Gasteiger partial charge in [-0.3, -0.25) is 4.98 Å². The molecule has 0 radical (unpaired) electrons.